The summed E-state index contributed by atoms with van der Waals surface area (Å²) in [4.78, 5) is 0. The summed E-state index contributed by atoms with van der Waals surface area (Å²) in [7, 11) is 7.79. The van der Waals surface area contributed by atoms with Gasteiger partial charge in [0.05, 0.1) is 0 Å². The first-order valence-electron chi connectivity index (χ1n) is 8.27. The summed E-state index contributed by atoms with van der Waals surface area (Å²) in [6.07, 6.45) is 0. The van der Waals surface area contributed by atoms with Gasteiger partial charge >= 0.3 is 138 Å². The number of benzene rings is 3. The number of hydrogen-bond donors (Lipinski definition) is 0. The van der Waals surface area contributed by atoms with Crippen LogP contribution in [0.3, 0.4) is 0 Å². The topological polar surface area (TPSA) is 0 Å². The molecule has 0 fully saturated rings. The van der Waals surface area contributed by atoms with Gasteiger partial charge in [-0.1, -0.05) is 0 Å². The molecule has 1 unspecified atom stereocenters. The molecule has 3 rings (SSSR count). The van der Waals surface area contributed by atoms with Gasteiger partial charge in [-0.15, -0.1) is 0 Å². The third-order valence-electron chi connectivity index (χ3n) is 6.02. The van der Waals surface area contributed by atoms with E-state index in [1.807, 2.05) is 0 Å². The molecule has 117 valence electrons. The van der Waals surface area contributed by atoms with Crippen LogP contribution in [-0.2, 0) is 18.7 Å². The molecular formula is C20H23ClHgP. The van der Waals surface area contributed by atoms with Crippen molar-refractivity contribution in [2.45, 2.75) is 10.9 Å². The zero-order valence-electron chi connectivity index (χ0n) is 13.7. The minimum Gasteiger partial charge on any atom is -0.153 e. The van der Waals surface area contributed by atoms with Crippen LogP contribution < -0.4 is 9.22 Å². The first kappa shape index (κ1) is 18.7. The van der Waals surface area contributed by atoms with Gasteiger partial charge in [-0.3, -0.25) is 0 Å². The van der Waals surface area contributed by atoms with E-state index in [9.17, 15) is 0 Å². The molecule has 23 heavy (non-hydrogen) atoms. The van der Waals surface area contributed by atoms with E-state index < -0.39 is 18.7 Å². The van der Waals surface area contributed by atoms with E-state index in [0.29, 0.717) is 0 Å². The van der Waals surface area contributed by atoms with Crippen LogP contribution in [0.25, 0.3) is 0 Å². The molecule has 0 saturated heterocycles. The standard InChI is InChI=1S/3C6H5.C2H5.ClH.Hg.H3P/c3*1-2-4-6-5-3-1;1-2;;;/h3*1-5H;1H2,2H3;1H;;1H3/q;;;;;+1;/p-1. The molecule has 0 saturated carbocycles. The number of rotatable bonds is 4. The average Bonchev–Trinajstić information content (AvgIpc) is 2.63. The summed E-state index contributed by atoms with van der Waals surface area (Å²) in [5.41, 5.74) is 0. The van der Waals surface area contributed by atoms with Gasteiger partial charge in [-0.05, 0) is 0 Å². The number of halogens is 1. The van der Waals surface area contributed by atoms with Crippen LogP contribution in [0.5, 0.6) is 0 Å². The maximum absolute atomic E-state index is 7.79. The minimum atomic E-state index is -4.34. The minimum absolute atomic E-state index is 0. The summed E-state index contributed by atoms with van der Waals surface area (Å²) in [5, 5.41) is 0. The van der Waals surface area contributed by atoms with E-state index in [0.717, 1.165) is 3.93 Å². The molecule has 0 aliphatic carbocycles. The Kier molecular flexibility index (Phi) is 6.06. The van der Waals surface area contributed by atoms with E-state index in [2.05, 4.69) is 97.9 Å². The Labute approximate surface area is 147 Å². The zero-order valence-corrected chi connectivity index (χ0v) is 21.3. The zero-order chi connectivity index (χ0) is 15.5. The molecule has 0 aliphatic heterocycles. The first-order chi connectivity index (χ1) is 10.7. The van der Waals surface area contributed by atoms with Gasteiger partial charge in [-0.2, -0.15) is 9.90 Å². The monoisotopic (exact) mass is 531 g/mol. The van der Waals surface area contributed by atoms with Gasteiger partial charge in [0.2, 0.25) is 0 Å². The Balaban J connectivity index is 0.00000192. The van der Waals surface area contributed by atoms with Gasteiger partial charge in [-0.25, -0.2) is 0 Å². The fourth-order valence-electron chi connectivity index (χ4n) is 4.48. The molecule has 3 heteroatoms. The molecule has 0 N–H and O–H groups in total. The van der Waals surface area contributed by atoms with Crippen molar-refractivity contribution in [3.8, 4) is 0 Å². The fourth-order valence-corrected chi connectivity index (χ4v) is 36.0. The quantitative estimate of drug-likeness (QED) is 0.349. The van der Waals surface area contributed by atoms with Crippen LogP contribution in [0, 0.1) is 0 Å². The van der Waals surface area contributed by atoms with Crippen LogP contribution >= 0.6 is 18.1 Å². The fraction of sp³-hybridized carbons (Fsp3) is 0.100. The second-order valence-electron chi connectivity index (χ2n) is 6.83. The smallest absolute Gasteiger partial charge is 0.153 e. The largest absolute Gasteiger partial charge is 0.153 e. The van der Waals surface area contributed by atoms with E-state index in [1.165, 1.54) is 9.22 Å². The van der Waals surface area contributed by atoms with E-state index >= 15 is 0 Å². The first-order valence-corrected chi connectivity index (χ1v) is 27.2. The molecule has 0 radical (unpaired) electrons. The van der Waals surface area contributed by atoms with Gasteiger partial charge in [0.1, 0.15) is 0 Å². The van der Waals surface area contributed by atoms with Crippen LogP contribution in [0.4, 0.5) is 0 Å². The Morgan fingerprint density at radius 2 is 0.870 bits per heavy atom. The van der Waals surface area contributed by atoms with E-state index in [4.69, 9.17) is 8.25 Å². The molecule has 0 bridgehead atoms. The maximum Gasteiger partial charge on any atom is -0.153 e. The van der Waals surface area contributed by atoms with Crippen LogP contribution in [0.2, 0.25) is 3.93 Å². The summed E-state index contributed by atoms with van der Waals surface area (Å²) in [6.45, 7) is 2.25. The molecule has 0 spiro atoms. The molecule has 3 aromatic carbocycles. The van der Waals surface area contributed by atoms with Gasteiger partial charge in [0, 0.05) is 0 Å². The maximum atomic E-state index is 7.79. The van der Waals surface area contributed by atoms with Gasteiger partial charge in [0.25, 0.3) is 0 Å². The third kappa shape index (κ3) is 3.02. The summed E-state index contributed by atoms with van der Waals surface area (Å²) >= 11 is -4.34. The van der Waals surface area contributed by atoms with Gasteiger partial charge in [0.15, 0.2) is 0 Å². The van der Waals surface area contributed by atoms with Crippen molar-refractivity contribution in [2.24, 2.45) is 0 Å². The Hall–Kier alpha value is -0.685. The second-order valence-corrected chi connectivity index (χ2v) is 45.1. The predicted octanol–water partition coefficient (Wildman–Crippen LogP) is 4.30. The molecule has 0 nitrogen and oxygen atoms in total. The van der Waals surface area contributed by atoms with E-state index in [-0.39, 0.29) is 9.90 Å². The normalized spacial score (nSPS) is 11.6. The van der Waals surface area contributed by atoms with Crippen molar-refractivity contribution in [1.29, 1.82) is 0 Å². The average molecular weight is 530 g/mol. The summed E-state index contributed by atoms with van der Waals surface area (Å²) in [6, 6.07) is 32.2. The van der Waals surface area contributed by atoms with Crippen molar-refractivity contribution in [2.75, 3.05) is 0 Å². The van der Waals surface area contributed by atoms with Crippen molar-refractivity contribution in [3.05, 3.63) is 91.0 Å². The molecule has 0 amide bonds. The molecule has 0 heterocycles. The Morgan fingerprint density at radius 1 is 0.609 bits per heavy atom. The van der Waals surface area contributed by atoms with Crippen molar-refractivity contribution >= 4 is 27.4 Å². The van der Waals surface area contributed by atoms with Crippen molar-refractivity contribution in [3.63, 3.8) is 0 Å². The van der Waals surface area contributed by atoms with Crippen LogP contribution in [0.15, 0.2) is 91.0 Å². The second kappa shape index (κ2) is 7.47. The molecule has 0 aliphatic rings. The SMILES string of the molecule is C[CH2][Hg]([Cl])([c]1ccccc1)([c]1ccccc1)[c]1ccccc1.P. The molecule has 0 aromatic heterocycles. The van der Waals surface area contributed by atoms with Crippen LogP contribution in [0.1, 0.15) is 6.92 Å². The Morgan fingerprint density at radius 3 is 1.09 bits per heavy atom. The van der Waals surface area contributed by atoms with Gasteiger partial charge < -0.3 is 0 Å². The van der Waals surface area contributed by atoms with E-state index in [1.54, 1.807) is 0 Å². The third-order valence-corrected chi connectivity index (χ3v) is 50.1. The van der Waals surface area contributed by atoms with Crippen molar-refractivity contribution in [1.82, 2.24) is 0 Å². The number of hydrogen-bond acceptors (Lipinski definition) is 0. The molecule has 3 aromatic rings. The van der Waals surface area contributed by atoms with Crippen molar-refractivity contribution < 1.29 is 18.7 Å². The molecule has 1 atom stereocenters. The summed E-state index contributed by atoms with van der Waals surface area (Å²) in [5.74, 6) is 0. The Bertz CT molecular complexity index is 645. The van der Waals surface area contributed by atoms with Crippen LogP contribution in [-0.4, -0.2) is 0 Å². The predicted molar refractivity (Wildman–Crippen MR) is 106 cm³/mol. The molecular weight excluding hydrogens is 507 g/mol. The summed E-state index contributed by atoms with van der Waals surface area (Å²) < 4.78 is 4.99.